The molecular formula is C26H29N3O4. The second kappa shape index (κ2) is 7.63. The number of methoxy groups -OCH3 is 1. The number of ether oxygens (including phenoxy) is 2. The first-order valence-electron chi connectivity index (χ1n) is 11.3. The molecule has 7 nitrogen and oxygen atoms in total. The van der Waals surface area contributed by atoms with Gasteiger partial charge in [0.1, 0.15) is 17.1 Å². The van der Waals surface area contributed by atoms with Crippen LogP contribution in [0.4, 0.5) is 0 Å². The van der Waals surface area contributed by atoms with Gasteiger partial charge in [-0.2, -0.15) is 5.10 Å². The van der Waals surface area contributed by atoms with Crippen LogP contribution in [0.3, 0.4) is 0 Å². The van der Waals surface area contributed by atoms with Gasteiger partial charge < -0.3 is 19.5 Å². The number of para-hydroxylation sites is 1. The number of carbonyl (C=O) groups is 1. The Hall–Kier alpha value is -3.32. The molecule has 1 fully saturated rings. The topological polar surface area (TPSA) is 87.7 Å². The van der Waals surface area contributed by atoms with E-state index in [1.807, 2.05) is 35.4 Å². The van der Waals surface area contributed by atoms with Gasteiger partial charge in [0.25, 0.3) is 5.91 Å². The highest BCUT2D eigenvalue weighted by molar-refractivity contribution is 5.95. The number of benzene rings is 2. The average molecular weight is 448 g/mol. The monoisotopic (exact) mass is 447 g/mol. The van der Waals surface area contributed by atoms with Crippen molar-refractivity contribution in [1.82, 2.24) is 15.1 Å². The molecule has 2 N–H and O–H groups in total. The summed E-state index contributed by atoms with van der Waals surface area (Å²) in [5.41, 5.74) is 2.67. The number of amides is 1. The summed E-state index contributed by atoms with van der Waals surface area (Å²) in [5.74, 6) is 1.29. The fraction of sp³-hybridized carbons (Fsp3) is 0.385. The molecule has 2 aliphatic heterocycles. The lowest BCUT2D eigenvalue weighted by Gasteiger charge is -2.47. The molecule has 2 aliphatic rings. The molecule has 3 aromatic rings. The summed E-state index contributed by atoms with van der Waals surface area (Å²) < 4.78 is 12.1. The number of aromatic nitrogens is 2. The van der Waals surface area contributed by atoms with Gasteiger partial charge in [-0.25, -0.2) is 0 Å². The van der Waals surface area contributed by atoms with Gasteiger partial charge in [-0.05, 0) is 45.0 Å². The van der Waals surface area contributed by atoms with E-state index in [1.54, 1.807) is 39.2 Å². The van der Waals surface area contributed by atoms with Crippen LogP contribution in [-0.4, -0.2) is 45.8 Å². The number of hydrogen-bond donors (Lipinski definition) is 2. The molecule has 1 aromatic heterocycles. The van der Waals surface area contributed by atoms with Gasteiger partial charge >= 0.3 is 0 Å². The largest absolute Gasteiger partial charge is 0.496 e. The predicted molar refractivity (Wildman–Crippen MR) is 124 cm³/mol. The number of hydrogen-bond acceptors (Lipinski definition) is 5. The van der Waals surface area contributed by atoms with Gasteiger partial charge in [0, 0.05) is 47.7 Å². The van der Waals surface area contributed by atoms with Gasteiger partial charge in [0.2, 0.25) is 0 Å². The van der Waals surface area contributed by atoms with Crippen LogP contribution in [0.2, 0.25) is 0 Å². The number of nitrogens with zero attached hydrogens (tertiary/aromatic N) is 2. The fourth-order valence-corrected chi connectivity index (χ4v) is 5.21. The predicted octanol–water partition coefficient (Wildman–Crippen LogP) is 4.23. The zero-order valence-corrected chi connectivity index (χ0v) is 19.4. The Morgan fingerprint density at radius 1 is 1.30 bits per heavy atom. The van der Waals surface area contributed by atoms with Crippen LogP contribution in [0.15, 0.2) is 48.7 Å². The van der Waals surface area contributed by atoms with E-state index in [1.165, 1.54) is 0 Å². The molecule has 0 radical (unpaired) electrons. The van der Waals surface area contributed by atoms with Gasteiger partial charge in [0.15, 0.2) is 0 Å². The molecule has 2 aromatic carbocycles. The first kappa shape index (κ1) is 21.5. The smallest absolute Gasteiger partial charge is 0.254 e. The SMILES string of the molecule is COc1cc(C(=O)N2CCC3(CC2C)Oc2ccccc2-c2[nH]ncc23)ccc1C(C)(C)O. The summed E-state index contributed by atoms with van der Waals surface area (Å²) >= 11 is 0. The van der Waals surface area contributed by atoms with E-state index in [-0.39, 0.29) is 11.9 Å². The minimum absolute atomic E-state index is 0.0424. The maximum Gasteiger partial charge on any atom is 0.254 e. The number of rotatable bonds is 3. The Morgan fingerprint density at radius 3 is 2.82 bits per heavy atom. The molecule has 172 valence electrons. The van der Waals surface area contributed by atoms with E-state index in [9.17, 15) is 9.90 Å². The van der Waals surface area contributed by atoms with Crippen LogP contribution in [-0.2, 0) is 11.2 Å². The summed E-state index contributed by atoms with van der Waals surface area (Å²) in [6.07, 6.45) is 3.19. The van der Waals surface area contributed by atoms with Crippen LogP contribution in [0.1, 0.15) is 55.1 Å². The van der Waals surface area contributed by atoms with Crippen molar-refractivity contribution in [2.75, 3.05) is 13.7 Å². The number of fused-ring (bicyclic) bond motifs is 4. The minimum atomic E-state index is -1.06. The van der Waals surface area contributed by atoms with E-state index in [2.05, 4.69) is 17.1 Å². The van der Waals surface area contributed by atoms with Crippen LogP contribution in [0.5, 0.6) is 11.5 Å². The molecule has 5 rings (SSSR count). The lowest BCUT2D eigenvalue weighted by molar-refractivity contribution is -0.0220. The molecule has 0 aliphatic carbocycles. The molecule has 7 heteroatoms. The molecule has 1 saturated heterocycles. The molecule has 2 unspecified atom stereocenters. The Labute approximate surface area is 193 Å². The third-order valence-electron chi connectivity index (χ3n) is 6.87. The van der Waals surface area contributed by atoms with E-state index < -0.39 is 11.2 Å². The van der Waals surface area contributed by atoms with Crippen LogP contribution in [0, 0.1) is 0 Å². The lowest BCUT2D eigenvalue weighted by atomic mass is 9.78. The number of piperidine rings is 1. The Bertz CT molecular complexity index is 1210. The summed E-state index contributed by atoms with van der Waals surface area (Å²) in [6, 6.07) is 13.2. The zero-order chi connectivity index (χ0) is 23.4. The number of carbonyl (C=O) groups excluding carboxylic acids is 1. The van der Waals surface area contributed by atoms with Crippen molar-refractivity contribution in [3.8, 4) is 22.8 Å². The molecule has 0 bridgehead atoms. The number of aromatic amines is 1. The maximum absolute atomic E-state index is 13.5. The second-order valence-corrected chi connectivity index (χ2v) is 9.53. The molecular weight excluding hydrogens is 418 g/mol. The van der Waals surface area contributed by atoms with E-state index in [0.717, 1.165) is 22.6 Å². The van der Waals surface area contributed by atoms with Gasteiger partial charge in [-0.3, -0.25) is 9.89 Å². The summed E-state index contributed by atoms with van der Waals surface area (Å²) in [7, 11) is 1.55. The molecule has 0 saturated carbocycles. The molecule has 1 spiro atoms. The quantitative estimate of drug-likeness (QED) is 0.628. The first-order valence-corrected chi connectivity index (χ1v) is 11.3. The highest BCUT2D eigenvalue weighted by atomic mass is 16.5. The third-order valence-corrected chi connectivity index (χ3v) is 6.87. The highest BCUT2D eigenvalue weighted by Crippen LogP contribution is 2.49. The van der Waals surface area contributed by atoms with Crippen LogP contribution < -0.4 is 9.47 Å². The average Bonchev–Trinajstić information content (AvgIpc) is 3.29. The van der Waals surface area contributed by atoms with Crippen molar-refractivity contribution in [3.05, 3.63) is 65.4 Å². The second-order valence-electron chi connectivity index (χ2n) is 9.53. The Kier molecular flexibility index (Phi) is 4.97. The Balaban J connectivity index is 1.42. The Morgan fingerprint density at radius 2 is 2.09 bits per heavy atom. The third kappa shape index (κ3) is 3.47. The highest BCUT2D eigenvalue weighted by Gasteiger charge is 2.47. The zero-order valence-electron chi connectivity index (χ0n) is 19.4. The van der Waals surface area contributed by atoms with Crippen molar-refractivity contribution in [3.63, 3.8) is 0 Å². The van der Waals surface area contributed by atoms with Crippen molar-refractivity contribution in [2.24, 2.45) is 0 Å². The number of aliphatic hydroxyl groups is 1. The fourth-order valence-electron chi connectivity index (χ4n) is 5.21. The van der Waals surface area contributed by atoms with Gasteiger partial charge in [-0.1, -0.05) is 18.2 Å². The maximum atomic E-state index is 13.5. The van der Waals surface area contributed by atoms with Gasteiger partial charge in [0.05, 0.1) is 24.6 Å². The van der Waals surface area contributed by atoms with Crippen molar-refractivity contribution in [2.45, 2.75) is 50.9 Å². The minimum Gasteiger partial charge on any atom is -0.496 e. The molecule has 33 heavy (non-hydrogen) atoms. The lowest BCUT2D eigenvalue weighted by Crippen LogP contribution is -2.53. The van der Waals surface area contributed by atoms with Crippen LogP contribution in [0.25, 0.3) is 11.3 Å². The van der Waals surface area contributed by atoms with Gasteiger partial charge in [-0.15, -0.1) is 0 Å². The van der Waals surface area contributed by atoms with Crippen molar-refractivity contribution < 1.29 is 19.4 Å². The van der Waals surface area contributed by atoms with Crippen molar-refractivity contribution in [1.29, 1.82) is 0 Å². The van der Waals surface area contributed by atoms with Crippen LogP contribution >= 0.6 is 0 Å². The number of likely N-dealkylation sites (tertiary alicyclic amines) is 1. The van der Waals surface area contributed by atoms with E-state index in [4.69, 9.17) is 9.47 Å². The first-order chi connectivity index (χ1) is 15.7. The summed E-state index contributed by atoms with van der Waals surface area (Å²) in [5, 5.41) is 17.8. The number of H-pyrrole nitrogens is 1. The molecule has 2 atom stereocenters. The number of nitrogens with one attached hydrogen (secondary N) is 1. The summed E-state index contributed by atoms with van der Waals surface area (Å²) in [6.45, 7) is 6.02. The van der Waals surface area contributed by atoms with E-state index >= 15 is 0 Å². The standard InChI is InChI=1S/C26H29N3O4/c1-16-14-26(20-15-27-28-23(20)18-7-5-6-8-21(18)33-26)11-12-29(16)24(30)17-9-10-19(25(2,3)31)22(13-17)32-4/h5-10,13,15-16,31H,11-12,14H2,1-4H3,(H,27,28). The summed E-state index contributed by atoms with van der Waals surface area (Å²) in [4.78, 5) is 15.3. The molecule has 1 amide bonds. The molecule has 3 heterocycles. The van der Waals surface area contributed by atoms with Crippen molar-refractivity contribution >= 4 is 5.91 Å². The normalized spacial score (nSPS) is 21.8. The van der Waals surface area contributed by atoms with E-state index in [0.29, 0.717) is 36.3 Å².